The fraction of sp³-hybridized carbons (Fsp3) is 0.393. The Kier molecular flexibility index (Phi) is 41.5. The third-order valence-electron chi connectivity index (χ3n) is 3.16. The molecule has 0 aliphatic carbocycles. The Morgan fingerprint density at radius 1 is 0.857 bits per heavy atom. The Balaban J connectivity index is -0.0000000935. The molecule has 1 rings (SSSR count). The van der Waals surface area contributed by atoms with Gasteiger partial charge in [-0.25, -0.2) is 14.4 Å². The Morgan fingerprint density at radius 2 is 1.24 bits per heavy atom. The second kappa shape index (κ2) is 34.6. The van der Waals surface area contributed by atoms with Crippen LogP contribution in [0.4, 0.5) is 13.2 Å². The van der Waals surface area contributed by atoms with E-state index in [1.54, 1.807) is 27.2 Å². The molecule has 0 saturated heterocycles. The Bertz CT molecular complexity index is 862. The highest BCUT2D eigenvalue weighted by Gasteiger charge is 2.37. The number of carbonyl (C=O) groups excluding carboxylic acids is 5. The van der Waals surface area contributed by atoms with Crippen molar-refractivity contribution in [2.75, 3.05) is 49.2 Å². The van der Waals surface area contributed by atoms with E-state index >= 15 is 0 Å². The zero-order chi connectivity index (χ0) is 34.9. The number of hydrogen-bond acceptors (Lipinski definition) is 10. The maximum Gasteiger partial charge on any atom is 0.422 e. The number of amides is 2. The van der Waals surface area contributed by atoms with Crippen LogP contribution in [0.25, 0.3) is 0 Å². The summed E-state index contributed by atoms with van der Waals surface area (Å²) in [6.07, 6.45) is 2.01. The van der Waals surface area contributed by atoms with Crippen molar-refractivity contribution in [3.8, 4) is 0 Å². The summed E-state index contributed by atoms with van der Waals surface area (Å²) < 4.78 is 55.5. The molecule has 2 amide bonds. The van der Waals surface area contributed by atoms with Gasteiger partial charge in [-0.2, -0.15) is 13.2 Å². The first-order valence-corrected chi connectivity index (χ1v) is 11.4. The van der Waals surface area contributed by atoms with Gasteiger partial charge >= 0.3 is 24.1 Å². The lowest BCUT2D eigenvalue weighted by Gasteiger charge is -2.05. The van der Waals surface area contributed by atoms with E-state index in [0.29, 0.717) is 12.2 Å². The number of likely N-dealkylation sites (N-methyl/N-ethyl adjacent to an activating group) is 1. The fourth-order valence-electron chi connectivity index (χ4n) is 1.09. The van der Waals surface area contributed by atoms with Gasteiger partial charge < -0.3 is 23.7 Å². The van der Waals surface area contributed by atoms with Crippen LogP contribution in [0.3, 0.4) is 0 Å². The van der Waals surface area contributed by atoms with Crippen LogP contribution in [0.5, 0.6) is 0 Å². The summed E-state index contributed by atoms with van der Waals surface area (Å²) in [5.74, 6) is -2.67. The number of imide groups is 1. The fourth-order valence-corrected chi connectivity index (χ4v) is 1.09. The van der Waals surface area contributed by atoms with E-state index in [1.807, 2.05) is 13.8 Å². The molecule has 0 aromatic carbocycles. The van der Waals surface area contributed by atoms with Crippen molar-refractivity contribution in [1.82, 2.24) is 4.90 Å². The zero-order valence-electron chi connectivity index (χ0n) is 25.8. The minimum absolute atomic E-state index is 0.241. The van der Waals surface area contributed by atoms with Crippen molar-refractivity contribution in [3.05, 3.63) is 74.6 Å². The predicted molar refractivity (Wildman–Crippen MR) is 154 cm³/mol. The molecule has 11 nitrogen and oxygen atoms in total. The van der Waals surface area contributed by atoms with Crippen molar-refractivity contribution in [2.24, 2.45) is 0 Å². The number of halogens is 3. The van der Waals surface area contributed by atoms with Crippen molar-refractivity contribution >= 4 is 29.7 Å². The molecule has 14 heteroatoms. The number of carbonyl (C=O) groups is 5. The molecule has 0 N–H and O–H groups in total. The summed E-state index contributed by atoms with van der Waals surface area (Å²) in [5.41, 5.74) is -1.06. The van der Waals surface area contributed by atoms with E-state index in [-0.39, 0.29) is 17.8 Å². The molecule has 0 radical (unpaired) electrons. The quantitative estimate of drug-likeness (QED) is 0.105. The molecule has 0 unspecified atom stereocenters. The zero-order valence-corrected chi connectivity index (χ0v) is 25.8. The van der Waals surface area contributed by atoms with Crippen molar-refractivity contribution in [3.63, 3.8) is 0 Å². The first-order chi connectivity index (χ1) is 19.4. The predicted octanol–water partition coefficient (Wildman–Crippen LogP) is 4.52. The molecule has 0 fully saturated rings. The van der Waals surface area contributed by atoms with E-state index in [0.717, 1.165) is 18.1 Å². The number of methoxy groups -OCH3 is 5. The second-order valence-electron chi connectivity index (χ2n) is 6.18. The number of ether oxygens (including phenoxy) is 5. The molecular formula is C28H44F3NO10. The summed E-state index contributed by atoms with van der Waals surface area (Å²) in [5, 5.41) is 0. The number of esters is 3. The maximum absolute atomic E-state index is 11.5. The second-order valence-corrected chi connectivity index (χ2v) is 6.18. The van der Waals surface area contributed by atoms with Crippen LogP contribution in [0, 0.1) is 0 Å². The summed E-state index contributed by atoms with van der Waals surface area (Å²) in [7, 11) is 8.15. The maximum atomic E-state index is 11.5. The molecule has 0 bridgehead atoms. The lowest BCUT2D eigenvalue weighted by Crippen LogP contribution is -2.24. The number of rotatable bonds is 6. The van der Waals surface area contributed by atoms with Crippen LogP contribution >= 0.6 is 0 Å². The molecule has 0 aromatic rings. The number of hydrogen-bond donors (Lipinski definition) is 0. The van der Waals surface area contributed by atoms with E-state index in [4.69, 9.17) is 0 Å². The molecule has 0 saturated carbocycles. The van der Waals surface area contributed by atoms with Crippen molar-refractivity contribution in [2.45, 2.75) is 26.9 Å². The molecule has 1 aliphatic rings. The van der Waals surface area contributed by atoms with Gasteiger partial charge in [0.05, 0.1) is 41.3 Å². The third kappa shape index (κ3) is 37.7. The average molecular weight is 612 g/mol. The van der Waals surface area contributed by atoms with E-state index in [9.17, 15) is 37.1 Å². The first-order valence-electron chi connectivity index (χ1n) is 11.4. The minimum Gasteiger partial charge on any atom is -0.505 e. The van der Waals surface area contributed by atoms with Gasteiger partial charge in [0.2, 0.25) is 0 Å². The molecule has 0 atom stereocenters. The van der Waals surface area contributed by atoms with Crippen LogP contribution in [-0.4, -0.2) is 90.0 Å². The molecular weight excluding hydrogens is 567 g/mol. The van der Waals surface area contributed by atoms with Crippen LogP contribution in [-0.2, 0) is 47.7 Å². The third-order valence-corrected chi connectivity index (χ3v) is 3.16. The standard InChI is InChI=1S/C5H5F3O2.C5H5NO2.C5H8O2.C4H6O2.C4H8O.C3H6O.C2H6/c1-3(4(9)10-2)5(6,7)8;1-6-4(7)2-3-5(6)8;1-4(2)5(6)7-3;1-3-4(5)6-2;1-3-4-5-2;1-3-4-2;1-2/h1H2,2H3;2-3H,1H3;1H2,2-3H3;3H,1H2,2H3;3H,1,4H2,2H3;3H,1H2,2H3;1-2H3. The number of nitrogens with zero attached hydrogens (tertiary/aromatic N) is 1. The van der Waals surface area contributed by atoms with Gasteiger partial charge in [0, 0.05) is 38.0 Å². The van der Waals surface area contributed by atoms with Crippen LogP contribution < -0.4 is 0 Å². The van der Waals surface area contributed by atoms with Crippen LogP contribution in [0.2, 0.25) is 0 Å². The van der Waals surface area contributed by atoms with Crippen LogP contribution in [0.1, 0.15) is 20.8 Å². The average Bonchev–Trinajstić information content (AvgIpc) is 3.28. The van der Waals surface area contributed by atoms with Gasteiger partial charge in [-0.05, 0) is 6.92 Å². The van der Waals surface area contributed by atoms with E-state index in [1.165, 1.54) is 39.7 Å². The van der Waals surface area contributed by atoms with E-state index < -0.39 is 23.7 Å². The van der Waals surface area contributed by atoms with Crippen molar-refractivity contribution in [1.29, 1.82) is 0 Å². The molecule has 0 aromatic heterocycles. The normalized spacial score (nSPS) is 9.86. The SMILES string of the molecule is C=C(C(=O)OC)C(F)(F)F.C=C(C)C(=O)OC.C=CC(=O)OC.C=CCOC.C=COC.CC.CN1C(=O)C=CC1=O. The lowest BCUT2D eigenvalue weighted by atomic mass is 10.3. The summed E-state index contributed by atoms with van der Waals surface area (Å²) >= 11 is 0. The summed E-state index contributed by atoms with van der Waals surface area (Å²) in [6, 6.07) is 0. The Morgan fingerprint density at radius 3 is 1.29 bits per heavy atom. The minimum atomic E-state index is -4.69. The highest BCUT2D eigenvalue weighted by atomic mass is 19.4. The summed E-state index contributed by atoms with van der Waals surface area (Å²) in [4.78, 5) is 52.0. The van der Waals surface area contributed by atoms with Gasteiger partial charge in [-0.3, -0.25) is 14.5 Å². The summed E-state index contributed by atoms with van der Waals surface area (Å²) in [6.45, 7) is 21.9. The van der Waals surface area contributed by atoms with Gasteiger partial charge in [0.25, 0.3) is 11.8 Å². The molecule has 1 aliphatic heterocycles. The monoisotopic (exact) mass is 611 g/mol. The number of alkyl halides is 3. The highest BCUT2D eigenvalue weighted by molar-refractivity contribution is 6.12. The van der Waals surface area contributed by atoms with E-state index in [2.05, 4.69) is 56.6 Å². The molecule has 1 heterocycles. The largest absolute Gasteiger partial charge is 0.505 e. The lowest BCUT2D eigenvalue weighted by molar-refractivity contribution is -0.148. The van der Waals surface area contributed by atoms with Gasteiger partial charge in [0.15, 0.2) is 0 Å². The Hall–Kier alpha value is -4.46. The van der Waals surface area contributed by atoms with Gasteiger partial charge in [0.1, 0.15) is 5.57 Å². The topological polar surface area (TPSA) is 135 Å². The highest BCUT2D eigenvalue weighted by Crippen LogP contribution is 2.24. The van der Waals surface area contributed by atoms with Gasteiger partial charge in [-0.1, -0.05) is 46.2 Å². The van der Waals surface area contributed by atoms with Crippen molar-refractivity contribution < 1.29 is 60.8 Å². The van der Waals surface area contributed by atoms with Crippen LogP contribution in [0.15, 0.2) is 74.6 Å². The Labute approximate surface area is 246 Å². The first kappa shape index (κ1) is 50.4. The molecule has 242 valence electrons. The molecule has 0 spiro atoms. The smallest absolute Gasteiger partial charge is 0.422 e. The molecule has 42 heavy (non-hydrogen) atoms. The van der Waals surface area contributed by atoms with Gasteiger partial charge in [-0.15, -0.1) is 6.58 Å².